The monoisotopic (exact) mass is 1210 g/mol. The molecule has 430 valence electrons. The third-order valence-electron chi connectivity index (χ3n) is 18.7. The zero-order valence-electron chi connectivity index (χ0n) is 50.1. The number of benzene rings is 14. The first-order chi connectivity index (χ1) is 45.7. The van der Waals surface area contributed by atoms with Crippen LogP contribution in [0.4, 0.5) is 68.2 Å². The van der Waals surface area contributed by atoms with Crippen molar-refractivity contribution in [3.05, 3.63) is 340 Å². The lowest BCUT2D eigenvalue weighted by molar-refractivity contribution is 1.22. The Balaban J connectivity index is 0.915. The van der Waals surface area contributed by atoms with Crippen LogP contribution in [-0.2, 0) is 0 Å². The summed E-state index contributed by atoms with van der Waals surface area (Å²) in [6, 6.07) is 126. The summed E-state index contributed by atoms with van der Waals surface area (Å²) in [7, 11) is 0. The highest BCUT2D eigenvalue weighted by Crippen LogP contribution is 2.53. The van der Waals surface area contributed by atoms with Gasteiger partial charge >= 0.3 is 0 Å². The second kappa shape index (κ2) is 22.5. The summed E-state index contributed by atoms with van der Waals surface area (Å²) in [5.41, 5.74) is 28.3. The quantitative estimate of drug-likeness (QED) is 0.119. The fraction of sp³-hybridized carbons (Fsp3) is 0. The highest BCUT2D eigenvalue weighted by atomic mass is 32.2. The van der Waals surface area contributed by atoms with E-state index in [2.05, 4.69) is 359 Å². The summed E-state index contributed by atoms with van der Waals surface area (Å²) in [5.74, 6) is 0. The Morgan fingerprint density at radius 2 is 0.674 bits per heavy atom. The maximum atomic E-state index is 2.65. The van der Waals surface area contributed by atoms with Crippen molar-refractivity contribution in [2.75, 3.05) is 19.6 Å². The van der Waals surface area contributed by atoms with E-state index in [-0.39, 0.29) is 13.4 Å². The molecule has 0 N–H and O–H groups in total. The van der Waals surface area contributed by atoms with E-state index in [1.807, 2.05) is 23.5 Å². The summed E-state index contributed by atoms with van der Waals surface area (Å²) in [6.45, 7) is -0.162. The van der Waals surface area contributed by atoms with Gasteiger partial charge in [0.15, 0.2) is 0 Å². The van der Waals surface area contributed by atoms with Gasteiger partial charge in [0.1, 0.15) is 0 Å². The normalized spacial score (nSPS) is 12.8. The van der Waals surface area contributed by atoms with Crippen LogP contribution in [0.2, 0.25) is 0 Å². The first kappa shape index (κ1) is 54.1. The third kappa shape index (κ3) is 8.96. The van der Waals surface area contributed by atoms with Crippen molar-refractivity contribution in [1.29, 1.82) is 0 Å². The Hall–Kier alpha value is -10.9. The minimum Gasteiger partial charge on any atom is -0.311 e. The van der Waals surface area contributed by atoms with Gasteiger partial charge in [0.25, 0.3) is 6.71 Å². The molecule has 4 aliphatic rings. The van der Waals surface area contributed by atoms with Crippen molar-refractivity contribution >= 4 is 138 Å². The molecular formula is C84H56B2N4S2. The van der Waals surface area contributed by atoms with Gasteiger partial charge < -0.3 is 19.6 Å². The maximum absolute atomic E-state index is 2.65. The second-order valence-corrected chi connectivity index (χ2v) is 26.0. The van der Waals surface area contributed by atoms with E-state index in [9.17, 15) is 0 Å². The number of hydrogen-bond donors (Lipinski definition) is 0. The first-order valence-electron chi connectivity index (χ1n) is 31.5. The van der Waals surface area contributed by atoms with Crippen LogP contribution in [0, 0.1) is 0 Å². The van der Waals surface area contributed by atoms with E-state index in [1.165, 1.54) is 63.7 Å². The molecule has 0 fully saturated rings. The Morgan fingerprint density at radius 1 is 0.239 bits per heavy atom. The zero-order chi connectivity index (χ0) is 60.6. The number of fused-ring (bicyclic) bond motifs is 8. The van der Waals surface area contributed by atoms with Crippen molar-refractivity contribution in [2.45, 2.75) is 19.6 Å². The molecule has 0 radical (unpaired) electrons. The van der Waals surface area contributed by atoms with Gasteiger partial charge in [-0.3, -0.25) is 0 Å². The van der Waals surface area contributed by atoms with Crippen LogP contribution in [0.1, 0.15) is 0 Å². The highest BCUT2D eigenvalue weighted by Gasteiger charge is 2.47. The molecule has 4 aliphatic heterocycles. The van der Waals surface area contributed by atoms with E-state index in [0.717, 1.165) is 90.3 Å². The predicted molar refractivity (Wildman–Crippen MR) is 392 cm³/mol. The molecule has 92 heavy (non-hydrogen) atoms. The summed E-state index contributed by atoms with van der Waals surface area (Å²) in [6.07, 6.45) is 0. The molecule has 0 bridgehead atoms. The van der Waals surface area contributed by atoms with Crippen molar-refractivity contribution in [3.63, 3.8) is 0 Å². The van der Waals surface area contributed by atoms with E-state index < -0.39 is 0 Å². The minimum absolute atomic E-state index is 0.0343. The van der Waals surface area contributed by atoms with Gasteiger partial charge in [0.2, 0.25) is 6.71 Å². The van der Waals surface area contributed by atoms with Crippen LogP contribution in [-0.4, -0.2) is 13.4 Å². The van der Waals surface area contributed by atoms with Gasteiger partial charge in [-0.15, -0.1) is 0 Å². The van der Waals surface area contributed by atoms with E-state index in [0.29, 0.717) is 0 Å². The van der Waals surface area contributed by atoms with Crippen LogP contribution >= 0.6 is 23.5 Å². The average molecular weight is 1210 g/mol. The fourth-order valence-corrected chi connectivity index (χ4v) is 17.3. The lowest BCUT2D eigenvalue weighted by Crippen LogP contribution is -2.64. The van der Waals surface area contributed by atoms with E-state index in [1.54, 1.807) is 0 Å². The Kier molecular flexibility index (Phi) is 13.3. The molecule has 0 aromatic heterocycles. The topological polar surface area (TPSA) is 13.0 Å². The fourth-order valence-electron chi connectivity index (χ4n) is 14.8. The van der Waals surface area contributed by atoms with Crippen LogP contribution in [0.15, 0.2) is 359 Å². The summed E-state index contributed by atoms with van der Waals surface area (Å²) < 4.78 is 0. The van der Waals surface area contributed by atoms with Gasteiger partial charge in [-0.25, -0.2) is 0 Å². The highest BCUT2D eigenvalue weighted by molar-refractivity contribution is 8.01. The Bertz CT molecular complexity index is 5040. The van der Waals surface area contributed by atoms with Crippen LogP contribution in [0.3, 0.4) is 0 Å². The smallest absolute Gasteiger partial charge is 0.252 e. The molecule has 0 aliphatic carbocycles. The molecule has 0 saturated carbocycles. The third-order valence-corrected chi connectivity index (χ3v) is 21.0. The van der Waals surface area contributed by atoms with Crippen molar-refractivity contribution in [3.8, 4) is 33.4 Å². The Labute approximate surface area is 546 Å². The lowest BCUT2D eigenvalue weighted by Gasteiger charge is -2.46. The number of anilines is 12. The molecule has 0 saturated heterocycles. The molecule has 0 unspecified atom stereocenters. The number of nitrogens with zero attached hydrogens (tertiary/aromatic N) is 4. The number of para-hydroxylation sites is 7. The molecule has 0 atom stereocenters. The largest absolute Gasteiger partial charge is 0.311 e. The minimum atomic E-state index is -0.128. The molecule has 14 aromatic rings. The van der Waals surface area contributed by atoms with Gasteiger partial charge in [-0.1, -0.05) is 277 Å². The first-order valence-corrected chi connectivity index (χ1v) is 33.2. The van der Waals surface area contributed by atoms with Gasteiger partial charge in [-0.05, 0) is 136 Å². The summed E-state index contributed by atoms with van der Waals surface area (Å²) in [5, 5.41) is 0. The van der Waals surface area contributed by atoms with E-state index >= 15 is 0 Å². The average Bonchev–Trinajstić information content (AvgIpc) is 0.694. The predicted octanol–water partition coefficient (Wildman–Crippen LogP) is 19.2. The molecule has 0 amide bonds. The van der Waals surface area contributed by atoms with Crippen molar-refractivity contribution in [1.82, 2.24) is 0 Å². The van der Waals surface area contributed by atoms with Gasteiger partial charge in [-0.2, -0.15) is 0 Å². The maximum Gasteiger partial charge on any atom is 0.252 e. The zero-order valence-corrected chi connectivity index (χ0v) is 51.7. The van der Waals surface area contributed by atoms with Crippen LogP contribution in [0.5, 0.6) is 0 Å². The number of rotatable bonds is 11. The van der Waals surface area contributed by atoms with E-state index in [4.69, 9.17) is 0 Å². The summed E-state index contributed by atoms with van der Waals surface area (Å²) in [4.78, 5) is 15.2. The molecule has 0 spiro atoms. The SMILES string of the molecule is c1ccc(-c2ccccc2N2c3cc4c(cc3B3c5ccccc5N(c5ccccc5)c5cc(N(c6ccccc6)c6ccccc6)cc2c53)B2c3ccccc3Sc3cc(N(c5ccccc5)c5c(-c6ccccc6)cccc5-c5ccccc5)cc(c32)S4)cc1. The van der Waals surface area contributed by atoms with Gasteiger partial charge in [0, 0.05) is 87.5 Å². The molecular weight excluding hydrogens is 1150 g/mol. The second-order valence-electron chi connectivity index (χ2n) is 23.9. The van der Waals surface area contributed by atoms with Crippen LogP contribution < -0.4 is 52.4 Å². The van der Waals surface area contributed by atoms with Crippen molar-refractivity contribution < 1.29 is 0 Å². The molecule has 8 heteroatoms. The summed E-state index contributed by atoms with van der Waals surface area (Å²) >= 11 is 3.84. The molecule has 4 nitrogen and oxygen atoms in total. The number of hydrogen-bond acceptors (Lipinski definition) is 6. The van der Waals surface area contributed by atoms with Gasteiger partial charge in [0.05, 0.1) is 17.1 Å². The Morgan fingerprint density at radius 3 is 1.27 bits per heavy atom. The standard InChI is InChI=1S/C84H56B2N4S2/c1-8-29-57(30-9-1)66-43-22-25-48-73(66)90-75-56-79-72(55-71(75)85-69-46-23-26-49-74(69)89(63-41-20-7-21-42-63)76-51-64(52-77(90)82(76)85)87(60-35-14-4-15-36-60)61-37-16-5-17-38-61)86-70-47-24-27-50-78(70)91-80-53-65(54-81(92-79)83(80)86)88(62-39-18-6-19-40-62)84-67(58-31-10-2-11-32-58)44-28-45-68(84)59-33-12-3-13-34-59/h1-56H. The van der Waals surface area contributed by atoms with Crippen molar-refractivity contribution in [2.24, 2.45) is 0 Å². The lowest BCUT2D eigenvalue weighted by atomic mass is 9.31. The molecule has 18 rings (SSSR count). The molecule has 4 heterocycles. The van der Waals surface area contributed by atoms with Crippen LogP contribution in [0.25, 0.3) is 33.4 Å². The molecule has 14 aromatic carbocycles.